The predicted octanol–water partition coefficient (Wildman–Crippen LogP) is 1.24. The molecule has 1 saturated heterocycles. The molecule has 2 unspecified atom stereocenters. The van der Waals surface area contributed by atoms with Crippen LogP contribution in [0.2, 0.25) is 0 Å². The third kappa shape index (κ3) is 3.06. The number of carbonyl (C=O) groups is 1. The minimum Gasteiger partial charge on any atom is -0.347 e. The first-order valence-corrected chi connectivity index (χ1v) is 7.75. The Morgan fingerprint density at radius 2 is 1.75 bits per heavy atom. The molecular formula is C11H9ClF3NO3S. The summed E-state index contributed by atoms with van der Waals surface area (Å²) in [6.45, 7) is 0. The van der Waals surface area contributed by atoms with Gasteiger partial charge in [0.25, 0.3) is 5.91 Å². The molecule has 0 bridgehead atoms. The minimum absolute atomic E-state index is 0.286. The van der Waals surface area contributed by atoms with Crippen LogP contribution in [0, 0.1) is 17.5 Å². The average molecular weight is 328 g/mol. The molecule has 1 N–H and O–H groups in total. The quantitative estimate of drug-likeness (QED) is 0.656. The van der Waals surface area contributed by atoms with Gasteiger partial charge in [0.05, 0.1) is 22.9 Å². The molecule has 1 aliphatic heterocycles. The molecule has 0 aromatic heterocycles. The SMILES string of the molecule is O=C(NC1CS(=O)(=O)CC1Cl)c1cc(F)c(F)c(F)c1. The van der Waals surface area contributed by atoms with Gasteiger partial charge in [-0.15, -0.1) is 11.6 Å². The van der Waals surface area contributed by atoms with Crippen molar-refractivity contribution in [2.24, 2.45) is 0 Å². The van der Waals surface area contributed by atoms with Crippen molar-refractivity contribution in [2.75, 3.05) is 11.5 Å². The van der Waals surface area contributed by atoms with Gasteiger partial charge in [0.15, 0.2) is 27.3 Å². The number of nitrogens with one attached hydrogen (secondary N) is 1. The number of alkyl halides is 1. The highest BCUT2D eigenvalue weighted by Gasteiger charge is 2.37. The van der Waals surface area contributed by atoms with Crippen molar-refractivity contribution in [1.82, 2.24) is 5.32 Å². The number of amides is 1. The summed E-state index contributed by atoms with van der Waals surface area (Å²) in [4.78, 5) is 11.8. The Morgan fingerprint density at radius 1 is 1.20 bits per heavy atom. The minimum atomic E-state index is -3.35. The molecule has 0 aliphatic carbocycles. The highest BCUT2D eigenvalue weighted by molar-refractivity contribution is 7.91. The summed E-state index contributed by atoms with van der Waals surface area (Å²) in [6, 6.07) is 0.200. The van der Waals surface area contributed by atoms with E-state index in [-0.39, 0.29) is 11.5 Å². The third-order valence-electron chi connectivity index (χ3n) is 2.85. The van der Waals surface area contributed by atoms with Crippen LogP contribution in [-0.2, 0) is 9.84 Å². The van der Waals surface area contributed by atoms with Crippen molar-refractivity contribution in [3.05, 3.63) is 35.1 Å². The van der Waals surface area contributed by atoms with Crippen molar-refractivity contribution in [2.45, 2.75) is 11.4 Å². The lowest BCUT2D eigenvalue weighted by atomic mass is 10.1. The summed E-state index contributed by atoms with van der Waals surface area (Å²) in [5, 5.41) is 1.45. The Hall–Kier alpha value is -1.28. The molecule has 110 valence electrons. The standard InChI is InChI=1S/C11H9ClF3NO3S/c12-6-3-20(18,19)4-9(6)16-11(17)5-1-7(13)10(15)8(14)2-5/h1-2,6,9H,3-4H2,(H,16,17). The van der Waals surface area contributed by atoms with Gasteiger partial charge in [-0.05, 0) is 12.1 Å². The molecule has 2 rings (SSSR count). The molecule has 2 atom stereocenters. The van der Waals surface area contributed by atoms with Crippen molar-refractivity contribution in [3.63, 3.8) is 0 Å². The maximum absolute atomic E-state index is 13.0. The van der Waals surface area contributed by atoms with E-state index in [1.54, 1.807) is 0 Å². The lowest BCUT2D eigenvalue weighted by Gasteiger charge is -2.14. The zero-order valence-electron chi connectivity index (χ0n) is 9.87. The van der Waals surface area contributed by atoms with Gasteiger partial charge in [-0.1, -0.05) is 0 Å². The molecule has 0 radical (unpaired) electrons. The Kier molecular flexibility index (Phi) is 3.97. The molecule has 1 aromatic rings. The fourth-order valence-corrected chi connectivity index (χ4v) is 4.43. The lowest BCUT2D eigenvalue weighted by Crippen LogP contribution is -2.40. The van der Waals surface area contributed by atoms with E-state index in [9.17, 15) is 26.4 Å². The Balaban J connectivity index is 2.17. The van der Waals surface area contributed by atoms with E-state index in [2.05, 4.69) is 5.32 Å². The Bertz CT molecular complexity index is 642. The molecule has 20 heavy (non-hydrogen) atoms. The first-order valence-electron chi connectivity index (χ1n) is 5.49. The monoisotopic (exact) mass is 327 g/mol. The van der Waals surface area contributed by atoms with Crippen LogP contribution in [-0.4, -0.2) is 37.2 Å². The van der Waals surface area contributed by atoms with Gasteiger partial charge in [0, 0.05) is 5.56 Å². The number of sulfone groups is 1. The second kappa shape index (κ2) is 5.25. The van der Waals surface area contributed by atoms with Crippen LogP contribution >= 0.6 is 11.6 Å². The fraction of sp³-hybridized carbons (Fsp3) is 0.364. The maximum Gasteiger partial charge on any atom is 0.251 e. The van der Waals surface area contributed by atoms with E-state index in [4.69, 9.17) is 11.6 Å². The second-order valence-electron chi connectivity index (χ2n) is 4.43. The molecule has 1 aliphatic rings. The number of hydrogen-bond donors (Lipinski definition) is 1. The number of hydrogen-bond acceptors (Lipinski definition) is 3. The Morgan fingerprint density at radius 3 is 2.20 bits per heavy atom. The van der Waals surface area contributed by atoms with Crippen LogP contribution in [0.25, 0.3) is 0 Å². The summed E-state index contributed by atoms with van der Waals surface area (Å²) in [5.41, 5.74) is -0.449. The van der Waals surface area contributed by atoms with Crippen LogP contribution in [0.15, 0.2) is 12.1 Å². The number of benzene rings is 1. The van der Waals surface area contributed by atoms with Crippen LogP contribution in [0.3, 0.4) is 0 Å². The molecule has 4 nitrogen and oxygen atoms in total. The van der Waals surface area contributed by atoms with Crippen molar-refractivity contribution in [1.29, 1.82) is 0 Å². The highest BCUT2D eigenvalue weighted by atomic mass is 35.5. The van der Waals surface area contributed by atoms with Gasteiger partial charge in [0.2, 0.25) is 0 Å². The van der Waals surface area contributed by atoms with Crippen molar-refractivity contribution in [3.8, 4) is 0 Å². The van der Waals surface area contributed by atoms with E-state index < -0.39 is 50.2 Å². The van der Waals surface area contributed by atoms with Crippen LogP contribution in [0.5, 0.6) is 0 Å². The molecule has 0 saturated carbocycles. The van der Waals surface area contributed by atoms with E-state index >= 15 is 0 Å². The molecule has 9 heteroatoms. The fourth-order valence-electron chi connectivity index (χ4n) is 1.88. The van der Waals surface area contributed by atoms with Gasteiger partial charge in [0.1, 0.15) is 0 Å². The molecule has 0 spiro atoms. The van der Waals surface area contributed by atoms with Gasteiger partial charge in [-0.25, -0.2) is 21.6 Å². The van der Waals surface area contributed by atoms with Crippen LogP contribution in [0.4, 0.5) is 13.2 Å². The lowest BCUT2D eigenvalue weighted by molar-refractivity contribution is 0.0940. The van der Waals surface area contributed by atoms with E-state index in [1.807, 2.05) is 0 Å². The largest absolute Gasteiger partial charge is 0.347 e. The summed E-state index contributed by atoms with van der Waals surface area (Å²) in [5.74, 6) is -6.24. The number of carbonyl (C=O) groups excluding carboxylic acids is 1. The van der Waals surface area contributed by atoms with Gasteiger partial charge < -0.3 is 5.32 Å². The van der Waals surface area contributed by atoms with Gasteiger partial charge >= 0.3 is 0 Å². The summed E-state index contributed by atoms with van der Waals surface area (Å²) < 4.78 is 61.4. The maximum atomic E-state index is 13.0. The van der Waals surface area contributed by atoms with E-state index in [0.717, 1.165) is 0 Å². The zero-order valence-corrected chi connectivity index (χ0v) is 11.4. The topological polar surface area (TPSA) is 63.2 Å². The smallest absolute Gasteiger partial charge is 0.251 e. The molecular weight excluding hydrogens is 319 g/mol. The van der Waals surface area contributed by atoms with Crippen molar-refractivity contribution < 1.29 is 26.4 Å². The Labute approximate surface area is 117 Å². The zero-order chi connectivity index (χ0) is 15.1. The summed E-state index contributed by atoms with van der Waals surface area (Å²) in [7, 11) is -3.35. The predicted molar refractivity (Wildman–Crippen MR) is 65.9 cm³/mol. The summed E-state index contributed by atoms with van der Waals surface area (Å²) >= 11 is 5.78. The van der Waals surface area contributed by atoms with Crippen LogP contribution < -0.4 is 5.32 Å². The van der Waals surface area contributed by atoms with Crippen molar-refractivity contribution >= 4 is 27.3 Å². The normalized spacial score (nSPS) is 24.6. The first kappa shape index (κ1) is 15.1. The van der Waals surface area contributed by atoms with E-state index in [1.165, 1.54) is 0 Å². The highest BCUT2D eigenvalue weighted by Crippen LogP contribution is 2.19. The van der Waals surface area contributed by atoms with Gasteiger partial charge in [-0.2, -0.15) is 0 Å². The molecule has 1 aromatic carbocycles. The number of rotatable bonds is 2. The molecule has 1 fully saturated rings. The van der Waals surface area contributed by atoms with Crippen LogP contribution in [0.1, 0.15) is 10.4 Å². The van der Waals surface area contributed by atoms with E-state index in [0.29, 0.717) is 12.1 Å². The molecule has 1 heterocycles. The summed E-state index contributed by atoms with van der Waals surface area (Å²) in [6.07, 6.45) is 0. The molecule has 1 amide bonds. The first-order chi connectivity index (χ1) is 9.19. The second-order valence-corrected chi connectivity index (χ2v) is 7.14. The average Bonchev–Trinajstić information content (AvgIpc) is 2.58. The number of halogens is 4. The third-order valence-corrected chi connectivity index (χ3v) is 5.22. The van der Waals surface area contributed by atoms with Gasteiger partial charge in [-0.3, -0.25) is 4.79 Å².